The summed E-state index contributed by atoms with van der Waals surface area (Å²) in [5, 5.41) is 16.0. The lowest BCUT2D eigenvalue weighted by Gasteiger charge is -2.20. The van der Waals surface area contributed by atoms with Gasteiger partial charge >= 0.3 is 0 Å². The van der Waals surface area contributed by atoms with Crippen molar-refractivity contribution in [3.05, 3.63) is 35.4 Å². The van der Waals surface area contributed by atoms with E-state index in [0.29, 0.717) is 18.4 Å². The molecule has 1 aromatic carbocycles. The second-order valence-corrected chi connectivity index (χ2v) is 6.71. The van der Waals surface area contributed by atoms with Crippen molar-refractivity contribution in [2.24, 2.45) is 16.8 Å². The summed E-state index contributed by atoms with van der Waals surface area (Å²) in [7, 11) is 0. The first kappa shape index (κ1) is 24.2. The molecule has 144 valence electrons. The molecule has 0 aliphatic rings. The molecular weight excluding hydrogens is 425 g/mol. The maximum atomic E-state index is 9.25. The normalized spacial score (nSPS) is 12.6. The first-order valence-electron chi connectivity index (χ1n) is 9.30. The first-order chi connectivity index (χ1) is 11.6. The van der Waals surface area contributed by atoms with Crippen LogP contribution < -0.4 is 10.6 Å². The Bertz CT molecular complexity index is 492. The summed E-state index contributed by atoms with van der Waals surface area (Å²) in [5.74, 6) is 1.97. The summed E-state index contributed by atoms with van der Waals surface area (Å²) in [6.45, 7) is 11.3. The molecular formula is C20H36IN3O. The maximum Gasteiger partial charge on any atom is 0.191 e. The molecule has 1 unspecified atom stereocenters. The SMILES string of the molecule is CCNC(=NCc1ccccc1CC)NCC(CCO)CC(C)C.I. The van der Waals surface area contributed by atoms with Gasteiger partial charge in [0.2, 0.25) is 0 Å². The first-order valence-corrected chi connectivity index (χ1v) is 9.30. The smallest absolute Gasteiger partial charge is 0.191 e. The van der Waals surface area contributed by atoms with Crippen LogP contribution in [0.25, 0.3) is 0 Å². The lowest BCUT2D eigenvalue weighted by Crippen LogP contribution is -2.40. The van der Waals surface area contributed by atoms with E-state index in [2.05, 4.69) is 62.6 Å². The Morgan fingerprint density at radius 1 is 1.12 bits per heavy atom. The van der Waals surface area contributed by atoms with Gasteiger partial charge in [0, 0.05) is 19.7 Å². The van der Waals surface area contributed by atoms with Crippen molar-refractivity contribution >= 4 is 29.9 Å². The van der Waals surface area contributed by atoms with Gasteiger partial charge in [0.25, 0.3) is 0 Å². The van der Waals surface area contributed by atoms with Gasteiger partial charge in [-0.2, -0.15) is 0 Å². The minimum atomic E-state index is 0. The van der Waals surface area contributed by atoms with Gasteiger partial charge in [-0.3, -0.25) is 0 Å². The van der Waals surface area contributed by atoms with E-state index in [1.54, 1.807) is 0 Å². The molecule has 0 saturated heterocycles. The zero-order chi connectivity index (χ0) is 17.8. The third-order valence-corrected chi connectivity index (χ3v) is 4.15. The molecule has 1 rings (SSSR count). The Balaban J connectivity index is 0.00000576. The van der Waals surface area contributed by atoms with Gasteiger partial charge in [-0.25, -0.2) is 4.99 Å². The number of rotatable bonds is 10. The van der Waals surface area contributed by atoms with Crippen LogP contribution in [0.3, 0.4) is 0 Å². The highest BCUT2D eigenvalue weighted by molar-refractivity contribution is 14.0. The zero-order valence-corrected chi connectivity index (χ0v) is 18.5. The number of aryl methyl sites for hydroxylation is 1. The summed E-state index contributed by atoms with van der Waals surface area (Å²) >= 11 is 0. The standard InChI is InChI=1S/C20H35N3O.HI/c1-5-18-9-7-8-10-19(18)15-23-20(21-6-2)22-14-17(11-12-24)13-16(3)4;/h7-10,16-17,24H,5-6,11-15H2,1-4H3,(H2,21,22,23);1H. The van der Waals surface area contributed by atoms with Gasteiger partial charge in [-0.15, -0.1) is 24.0 Å². The summed E-state index contributed by atoms with van der Waals surface area (Å²) in [6.07, 6.45) is 2.98. The Morgan fingerprint density at radius 3 is 2.36 bits per heavy atom. The molecule has 0 bridgehead atoms. The van der Waals surface area contributed by atoms with Gasteiger partial charge in [0.1, 0.15) is 0 Å². The summed E-state index contributed by atoms with van der Waals surface area (Å²) in [4.78, 5) is 4.74. The van der Waals surface area contributed by atoms with Crippen LogP contribution in [0.1, 0.15) is 51.7 Å². The Kier molecular flexibility index (Phi) is 13.9. The third-order valence-electron chi connectivity index (χ3n) is 4.15. The van der Waals surface area contributed by atoms with Crippen LogP contribution in [0.5, 0.6) is 0 Å². The van der Waals surface area contributed by atoms with Crippen LogP contribution in [0, 0.1) is 11.8 Å². The topological polar surface area (TPSA) is 56.7 Å². The second kappa shape index (κ2) is 14.4. The molecule has 0 saturated carbocycles. The fourth-order valence-corrected chi connectivity index (χ4v) is 2.96. The molecule has 0 aromatic heterocycles. The van der Waals surface area contributed by atoms with Gasteiger partial charge in [0.05, 0.1) is 6.54 Å². The van der Waals surface area contributed by atoms with Crippen LogP contribution in [-0.2, 0) is 13.0 Å². The number of benzene rings is 1. The monoisotopic (exact) mass is 461 g/mol. The predicted molar refractivity (Wildman–Crippen MR) is 119 cm³/mol. The fraction of sp³-hybridized carbons (Fsp3) is 0.650. The molecule has 0 heterocycles. The average Bonchev–Trinajstić information content (AvgIpc) is 2.57. The van der Waals surface area contributed by atoms with Crippen molar-refractivity contribution in [1.29, 1.82) is 0 Å². The zero-order valence-electron chi connectivity index (χ0n) is 16.2. The lowest BCUT2D eigenvalue weighted by atomic mass is 9.94. The van der Waals surface area contributed by atoms with E-state index in [-0.39, 0.29) is 30.6 Å². The number of nitrogens with one attached hydrogen (secondary N) is 2. The van der Waals surface area contributed by atoms with Crippen LogP contribution in [-0.4, -0.2) is 30.8 Å². The van der Waals surface area contributed by atoms with Crippen LogP contribution >= 0.6 is 24.0 Å². The third kappa shape index (κ3) is 10.0. The average molecular weight is 461 g/mol. The molecule has 0 fully saturated rings. The van der Waals surface area contributed by atoms with Crippen LogP contribution in [0.15, 0.2) is 29.3 Å². The highest BCUT2D eigenvalue weighted by atomic mass is 127. The molecule has 1 atom stereocenters. The van der Waals surface area contributed by atoms with Crippen LogP contribution in [0.4, 0.5) is 0 Å². The van der Waals surface area contributed by atoms with Crippen molar-refractivity contribution in [1.82, 2.24) is 10.6 Å². The number of aliphatic hydroxyl groups is 1. The molecule has 3 N–H and O–H groups in total. The highest BCUT2D eigenvalue weighted by Crippen LogP contribution is 2.14. The van der Waals surface area contributed by atoms with E-state index in [1.807, 2.05) is 0 Å². The summed E-state index contributed by atoms with van der Waals surface area (Å²) in [5.41, 5.74) is 2.64. The molecule has 1 aromatic rings. The van der Waals surface area contributed by atoms with Gasteiger partial charge in [-0.05, 0) is 49.1 Å². The lowest BCUT2D eigenvalue weighted by molar-refractivity contribution is 0.243. The van der Waals surface area contributed by atoms with E-state index in [1.165, 1.54) is 11.1 Å². The summed E-state index contributed by atoms with van der Waals surface area (Å²) < 4.78 is 0. The predicted octanol–water partition coefficient (Wildman–Crippen LogP) is 3.97. The fourth-order valence-electron chi connectivity index (χ4n) is 2.96. The van der Waals surface area contributed by atoms with E-state index >= 15 is 0 Å². The minimum Gasteiger partial charge on any atom is -0.396 e. The Morgan fingerprint density at radius 2 is 1.80 bits per heavy atom. The molecule has 5 heteroatoms. The number of hydrogen-bond donors (Lipinski definition) is 3. The van der Waals surface area contributed by atoms with E-state index in [9.17, 15) is 5.11 Å². The molecule has 0 aliphatic heterocycles. The number of aliphatic imine (C=N–C) groups is 1. The van der Waals surface area contributed by atoms with Gasteiger partial charge < -0.3 is 15.7 Å². The van der Waals surface area contributed by atoms with Gasteiger partial charge in [-0.1, -0.05) is 45.0 Å². The van der Waals surface area contributed by atoms with E-state index < -0.39 is 0 Å². The van der Waals surface area contributed by atoms with Crippen molar-refractivity contribution < 1.29 is 5.11 Å². The maximum absolute atomic E-state index is 9.25. The van der Waals surface area contributed by atoms with Crippen molar-refractivity contribution in [2.45, 2.75) is 53.5 Å². The van der Waals surface area contributed by atoms with Crippen molar-refractivity contribution in [3.63, 3.8) is 0 Å². The highest BCUT2D eigenvalue weighted by Gasteiger charge is 2.11. The molecule has 0 spiro atoms. The minimum absolute atomic E-state index is 0. The number of aliphatic hydroxyl groups excluding tert-OH is 1. The van der Waals surface area contributed by atoms with Crippen molar-refractivity contribution in [3.8, 4) is 0 Å². The van der Waals surface area contributed by atoms with Gasteiger partial charge in [0.15, 0.2) is 5.96 Å². The molecule has 25 heavy (non-hydrogen) atoms. The van der Waals surface area contributed by atoms with E-state index in [4.69, 9.17) is 4.99 Å². The Labute approximate surface area is 170 Å². The second-order valence-electron chi connectivity index (χ2n) is 6.71. The number of nitrogens with zero attached hydrogens (tertiary/aromatic N) is 1. The van der Waals surface area contributed by atoms with Crippen molar-refractivity contribution in [2.75, 3.05) is 19.7 Å². The molecule has 4 nitrogen and oxygen atoms in total. The van der Waals surface area contributed by atoms with Crippen LogP contribution in [0.2, 0.25) is 0 Å². The number of hydrogen-bond acceptors (Lipinski definition) is 2. The molecule has 0 aliphatic carbocycles. The Hall–Kier alpha value is -0.820. The largest absolute Gasteiger partial charge is 0.396 e. The molecule has 0 amide bonds. The molecule has 0 radical (unpaired) electrons. The number of halogens is 1. The number of guanidine groups is 1. The quantitative estimate of drug-likeness (QED) is 0.281. The van der Waals surface area contributed by atoms with E-state index in [0.717, 1.165) is 38.3 Å². The summed E-state index contributed by atoms with van der Waals surface area (Å²) in [6, 6.07) is 8.48.